The Morgan fingerprint density at radius 3 is 2.54 bits per heavy atom. The van der Waals surface area contributed by atoms with E-state index in [1.54, 1.807) is 18.5 Å². The molecule has 3 aromatic heterocycles. The lowest BCUT2D eigenvalue weighted by atomic mass is 10.0. The number of benzene rings is 1. The van der Waals surface area contributed by atoms with Gasteiger partial charge in [-0.25, -0.2) is 13.4 Å². The number of anilines is 1. The third-order valence-corrected chi connectivity index (χ3v) is 7.54. The van der Waals surface area contributed by atoms with Crippen LogP contribution in [0.1, 0.15) is 33.6 Å². The topological polar surface area (TPSA) is 142 Å². The van der Waals surface area contributed by atoms with Crippen LogP contribution in [0.5, 0.6) is 5.88 Å². The zero-order valence-corrected chi connectivity index (χ0v) is 23.8. The summed E-state index contributed by atoms with van der Waals surface area (Å²) in [4.78, 5) is 9.19. The molecule has 1 saturated heterocycles. The minimum atomic E-state index is -3.54. The van der Waals surface area contributed by atoms with Crippen LogP contribution >= 0.6 is 0 Å². The number of pyridine rings is 1. The van der Waals surface area contributed by atoms with E-state index >= 15 is 0 Å². The molecule has 208 valence electrons. The Kier molecular flexibility index (Phi) is 7.31. The monoisotopic (exact) mass is 554 g/mol. The first-order valence-corrected chi connectivity index (χ1v) is 14.7. The van der Waals surface area contributed by atoms with Gasteiger partial charge in [-0.15, -0.1) is 10.2 Å². The van der Waals surface area contributed by atoms with Crippen molar-refractivity contribution in [3.8, 4) is 28.5 Å². The largest absolute Gasteiger partial charge is 0.480 e. The molecule has 0 amide bonds. The van der Waals surface area contributed by atoms with Crippen molar-refractivity contribution in [2.24, 2.45) is 0 Å². The number of sulfonamides is 1. The smallest absolute Gasteiger partial charge is 0.248 e. The highest BCUT2D eigenvalue weighted by atomic mass is 32.2. The van der Waals surface area contributed by atoms with Gasteiger partial charge in [-0.1, -0.05) is 0 Å². The average Bonchev–Trinajstić information content (AvgIpc) is 3.51. The number of aromatic amines is 1. The Balaban J connectivity index is 1.45. The number of methoxy groups -OCH3 is 1. The van der Waals surface area contributed by atoms with Gasteiger partial charge < -0.3 is 9.15 Å². The maximum absolute atomic E-state index is 11.9. The van der Waals surface area contributed by atoms with Gasteiger partial charge in [0.05, 0.1) is 37.2 Å². The van der Waals surface area contributed by atoms with Crippen LogP contribution in [-0.4, -0.2) is 88.2 Å². The summed E-state index contributed by atoms with van der Waals surface area (Å²) in [6.45, 7) is 11.4. The maximum atomic E-state index is 11.9. The molecule has 0 radical (unpaired) electrons. The van der Waals surface area contributed by atoms with Crippen LogP contribution in [0, 0.1) is 0 Å². The van der Waals surface area contributed by atoms with Crippen molar-refractivity contribution in [3.05, 3.63) is 36.5 Å². The quantitative estimate of drug-likeness (QED) is 0.333. The van der Waals surface area contributed by atoms with Crippen LogP contribution in [-0.2, 0) is 16.6 Å². The molecule has 39 heavy (non-hydrogen) atoms. The maximum Gasteiger partial charge on any atom is 0.248 e. The molecule has 1 fully saturated rings. The zero-order chi connectivity index (χ0) is 27.9. The standard InChI is InChI=1S/C26H34N8O4S/c1-15(2)34-16(3)12-33(13-17(34)4)14-24-30-31-25(38-24)20-7-18(8-22-21(20)11-28-29-22)19-9-23(32-39(6,35)36)26(37-5)27-10-19/h7-11,15-17,32H,12-14H2,1-6H3,(H,28,29)/t16-,17+. The van der Waals surface area contributed by atoms with Crippen molar-refractivity contribution in [2.75, 3.05) is 31.2 Å². The van der Waals surface area contributed by atoms with E-state index in [1.807, 2.05) is 12.1 Å². The molecule has 0 saturated carbocycles. The number of nitrogens with zero attached hydrogens (tertiary/aromatic N) is 6. The summed E-state index contributed by atoms with van der Waals surface area (Å²) < 4.78 is 37.6. The van der Waals surface area contributed by atoms with Crippen molar-refractivity contribution in [1.29, 1.82) is 0 Å². The highest BCUT2D eigenvalue weighted by Gasteiger charge is 2.31. The molecule has 4 heterocycles. The van der Waals surface area contributed by atoms with Crippen molar-refractivity contribution in [3.63, 3.8) is 0 Å². The molecule has 0 unspecified atom stereocenters. The minimum absolute atomic E-state index is 0.173. The lowest BCUT2D eigenvalue weighted by Gasteiger charge is -2.46. The summed E-state index contributed by atoms with van der Waals surface area (Å²) in [5.74, 6) is 1.11. The van der Waals surface area contributed by atoms with Crippen molar-refractivity contribution in [2.45, 2.75) is 52.4 Å². The summed E-state index contributed by atoms with van der Waals surface area (Å²) in [7, 11) is -2.10. The van der Waals surface area contributed by atoms with Gasteiger partial charge in [-0.2, -0.15) is 5.10 Å². The molecule has 0 spiro atoms. The highest BCUT2D eigenvalue weighted by molar-refractivity contribution is 7.92. The summed E-state index contributed by atoms with van der Waals surface area (Å²) in [6, 6.07) is 6.85. The fourth-order valence-electron chi connectivity index (χ4n) is 5.65. The Morgan fingerprint density at radius 1 is 1.13 bits per heavy atom. The van der Waals surface area contributed by atoms with Crippen LogP contribution in [0.15, 0.2) is 35.0 Å². The Labute approximate surface area is 227 Å². The van der Waals surface area contributed by atoms with E-state index in [2.05, 4.69) is 67.6 Å². The van der Waals surface area contributed by atoms with Gasteiger partial charge in [0, 0.05) is 48.4 Å². The van der Waals surface area contributed by atoms with Crippen molar-refractivity contribution < 1.29 is 17.6 Å². The van der Waals surface area contributed by atoms with Crippen LogP contribution < -0.4 is 9.46 Å². The van der Waals surface area contributed by atoms with E-state index in [9.17, 15) is 8.42 Å². The molecule has 1 aliphatic heterocycles. The molecule has 13 heteroatoms. The fourth-order valence-corrected chi connectivity index (χ4v) is 6.20. The van der Waals surface area contributed by atoms with E-state index in [4.69, 9.17) is 9.15 Å². The first kappa shape index (κ1) is 27.0. The number of fused-ring (bicyclic) bond motifs is 1. The van der Waals surface area contributed by atoms with E-state index in [1.165, 1.54) is 7.11 Å². The summed E-state index contributed by atoms with van der Waals surface area (Å²) in [5, 5.41) is 16.8. The molecule has 0 bridgehead atoms. The first-order valence-electron chi connectivity index (χ1n) is 12.8. The number of rotatable bonds is 8. The number of hydrogen-bond acceptors (Lipinski definition) is 10. The molecule has 5 rings (SSSR count). The number of nitrogens with one attached hydrogen (secondary N) is 2. The Morgan fingerprint density at radius 2 is 1.87 bits per heavy atom. The molecule has 1 aromatic carbocycles. The highest BCUT2D eigenvalue weighted by Crippen LogP contribution is 2.35. The average molecular weight is 555 g/mol. The second-order valence-electron chi connectivity index (χ2n) is 10.4. The molecular formula is C26H34N8O4S. The Bertz CT molecular complexity index is 1570. The number of piperazine rings is 1. The van der Waals surface area contributed by atoms with Gasteiger partial charge in [0.1, 0.15) is 5.69 Å². The number of aromatic nitrogens is 5. The van der Waals surface area contributed by atoms with Crippen LogP contribution in [0.4, 0.5) is 5.69 Å². The molecule has 12 nitrogen and oxygen atoms in total. The lowest BCUT2D eigenvalue weighted by Crippen LogP contribution is -2.58. The van der Waals surface area contributed by atoms with E-state index in [0.29, 0.717) is 42.0 Å². The molecule has 4 aromatic rings. The van der Waals surface area contributed by atoms with Gasteiger partial charge in [0.2, 0.25) is 27.7 Å². The summed E-state index contributed by atoms with van der Waals surface area (Å²) >= 11 is 0. The number of H-pyrrole nitrogens is 1. The normalized spacial score (nSPS) is 19.2. The number of hydrogen-bond donors (Lipinski definition) is 2. The second-order valence-corrected chi connectivity index (χ2v) is 12.2. The number of ether oxygens (including phenoxy) is 1. The second kappa shape index (κ2) is 10.5. The van der Waals surface area contributed by atoms with Gasteiger partial charge in [0.15, 0.2) is 0 Å². The van der Waals surface area contributed by atoms with Crippen LogP contribution in [0.2, 0.25) is 0 Å². The first-order chi connectivity index (χ1) is 18.5. The van der Waals surface area contributed by atoms with Crippen molar-refractivity contribution in [1.82, 2.24) is 35.2 Å². The van der Waals surface area contributed by atoms with Gasteiger partial charge in [-0.3, -0.25) is 19.6 Å². The predicted octanol–water partition coefficient (Wildman–Crippen LogP) is 3.36. The zero-order valence-electron chi connectivity index (χ0n) is 23.0. The van der Waals surface area contributed by atoms with Gasteiger partial charge >= 0.3 is 0 Å². The lowest BCUT2D eigenvalue weighted by molar-refractivity contribution is 0.0102. The molecule has 2 N–H and O–H groups in total. The predicted molar refractivity (Wildman–Crippen MR) is 149 cm³/mol. The van der Waals surface area contributed by atoms with E-state index < -0.39 is 10.0 Å². The molecule has 0 aliphatic carbocycles. The third-order valence-electron chi connectivity index (χ3n) is 6.95. The van der Waals surface area contributed by atoms with Crippen LogP contribution in [0.3, 0.4) is 0 Å². The van der Waals surface area contributed by atoms with Gasteiger partial charge in [0.25, 0.3) is 0 Å². The van der Waals surface area contributed by atoms with Crippen LogP contribution in [0.25, 0.3) is 33.5 Å². The van der Waals surface area contributed by atoms with Gasteiger partial charge in [-0.05, 0) is 51.5 Å². The SMILES string of the molecule is COc1ncc(-c2cc(-c3nnc(CN4C[C@@H](C)N(C(C)C)[C@@H](C)C4)o3)c3cn[nH]c3c2)cc1NS(C)(=O)=O. The molecule has 1 aliphatic rings. The molecule has 2 atom stereocenters. The minimum Gasteiger partial charge on any atom is -0.480 e. The van der Waals surface area contributed by atoms with E-state index in [0.717, 1.165) is 41.4 Å². The van der Waals surface area contributed by atoms with Crippen molar-refractivity contribution >= 4 is 26.6 Å². The third kappa shape index (κ3) is 5.75. The Hall–Kier alpha value is -3.55. The molecular weight excluding hydrogens is 520 g/mol. The summed E-state index contributed by atoms with van der Waals surface area (Å²) in [6.07, 6.45) is 4.41. The fraction of sp³-hybridized carbons (Fsp3) is 0.462. The summed E-state index contributed by atoms with van der Waals surface area (Å²) in [5.41, 5.74) is 3.16. The van der Waals surface area contributed by atoms with E-state index in [-0.39, 0.29) is 11.6 Å².